The van der Waals surface area contributed by atoms with Crippen LogP contribution in [0.3, 0.4) is 0 Å². The molecule has 0 amide bonds. The lowest BCUT2D eigenvalue weighted by Gasteiger charge is -2.28. The van der Waals surface area contributed by atoms with E-state index in [0.29, 0.717) is 6.04 Å². The van der Waals surface area contributed by atoms with Gasteiger partial charge in [-0.15, -0.1) is 0 Å². The standard InChI is InChI=1S/C25H29N5OS/c1-2-4-19(5-3-1)27-25-28-21-8-6-18(14-24(21)32-25)16-30-17-26-22-15-20(7-9-23(22)30)29-10-12-31-13-11-29/h6-9,14-15,17,19H,1-5,10-13,16H2,(H,27,28). The number of hydrogen-bond donors (Lipinski definition) is 1. The average molecular weight is 448 g/mol. The maximum absolute atomic E-state index is 5.48. The van der Waals surface area contributed by atoms with Crippen LogP contribution in [0.5, 0.6) is 0 Å². The SMILES string of the molecule is c1cc2nc(NC3CCCCC3)sc2cc1Cn1cnc2cc(N3CCOCC3)ccc21. The Morgan fingerprint density at radius 3 is 2.75 bits per heavy atom. The van der Waals surface area contributed by atoms with Gasteiger partial charge < -0.3 is 19.5 Å². The van der Waals surface area contributed by atoms with E-state index in [1.807, 2.05) is 6.33 Å². The molecule has 6 nitrogen and oxygen atoms in total. The van der Waals surface area contributed by atoms with Crippen molar-refractivity contribution in [2.75, 3.05) is 36.5 Å². The molecule has 32 heavy (non-hydrogen) atoms. The van der Waals surface area contributed by atoms with Crippen LogP contribution in [0.1, 0.15) is 37.7 Å². The fourth-order valence-electron chi connectivity index (χ4n) is 4.94. The van der Waals surface area contributed by atoms with Crippen molar-refractivity contribution in [2.45, 2.75) is 44.7 Å². The molecule has 2 fully saturated rings. The highest BCUT2D eigenvalue weighted by Gasteiger charge is 2.16. The minimum atomic E-state index is 0.587. The Hall–Kier alpha value is -2.64. The smallest absolute Gasteiger partial charge is 0.184 e. The van der Waals surface area contributed by atoms with E-state index in [0.717, 1.165) is 49.0 Å². The number of imidazole rings is 1. The number of fused-ring (bicyclic) bond motifs is 2. The van der Waals surface area contributed by atoms with Crippen LogP contribution in [0.15, 0.2) is 42.7 Å². The quantitative estimate of drug-likeness (QED) is 0.451. The van der Waals surface area contributed by atoms with Crippen LogP contribution in [-0.4, -0.2) is 46.9 Å². The summed E-state index contributed by atoms with van der Waals surface area (Å²) < 4.78 is 8.97. The second-order valence-electron chi connectivity index (χ2n) is 8.95. The molecule has 0 radical (unpaired) electrons. The number of anilines is 2. The number of nitrogens with one attached hydrogen (secondary N) is 1. The Balaban J connectivity index is 1.20. The van der Waals surface area contributed by atoms with Crippen molar-refractivity contribution >= 4 is 43.4 Å². The third-order valence-electron chi connectivity index (χ3n) is 6.72. The molecule has 1 aliphatic heterocycles. The third kappa shape index (κ3) is 4.07. The Labute approximate surface area is 192 Å². The highest BCUT2D eigenvalue weighted by Crippen LogP contribution is 2.30. The topological polar surface area (TPSA) is 55.2 Å². The van der Waals surface area contributed by atoms with Gasteiger partial charge in [0.05, 0.1) is 40.8 Å². The van der Waals surface area contributed by atoms with E-state index in [4.69, 9.17) is 9.72 Å². The molecule has 2 aromatic carbocycles. The van der Waals surface area contributed by atoms with Gasteiger partial charge in [0.25, 0.3) is 0 Å². The molecule has 6 rings (SSSR count). The number of nitrogens with zero attached hydrogens (tertiary/aromatic N) is 4. The van der Waals surface area contributed by atoms with Gasteiger partial charge in [0, 0.05) is 31.4 Å². The summed E-state index contributed by atoms with van der Waals surface area (Å²) in [5, 5.41) is 4.73. The molecule has 3 heterocycles. The lowest BCUT2D eigenvalue weighted by atomic mass is 9.96. The highest BCUT2D eigenvalue weighted by atomic mass is 32.1. The third-order valence-corrected chi connectivity index (χ3v) is 7.67. The summed E-state index contributed by atoms with van der Waals surface area (Å²) in [7, 11) is 0. The molecule has 7 heteroatoms. The van der Waals surface area contributed by atoms with E-state index in [1.165, 1.54) is 53.6 Å². The van der Waals surface area contributed by atoms with Crippen molar-refractivity contribution in [1.29, 1.82) is 0 Å². The van der Waals surface area contributed by atoms with Crippen molar-refractivity contribution < 1.29 is 4.74 Å². The first-order valence-corrected chi connectivity index (χ1v) is 12.6. The molecule has 1 N–H and O–H groups in total. The molecule has 166 valence electrons. The predicted molar refractivity (Wildman–Crippen MR) is 132 cm³/mol. The summed E-state index contributed by atoms with van der Waals surface area (Å²) in [6.07, 6.45) is 8.53. The van der Waals surface area contributed by atoms with Gasteiger partial charge in [-0.2, -0.15) is 0 Å². The molecule has 2 aromatic heterocycles. The molecule has 0 bridgehead atoms. The lowest BCUT2D eigenvalue weighted by molar-refractivity contribution is 0.122. The van der Waals surface area contributed by atoms with Crippen molar-refractivity contribution in [3.05, 3.63) is 48.3 Å². The zero-order chi connectivity index (χ0) is 21.3. The van der Waals surface area contributed by atoms with Crippen LogP contribution >= 0.6 is 11.3 Å². The van der Waals surface area contributed by atoms with Gasteiger partial charge >= 0.3 is 0 Å². The summed E-state index contributed by atoms with van der Waals surface area (Å²) in [6, 6.07) is 13.8. The largest absolute Gasteiger partial charge is 0.378 e. The molecule has 0 unspecified atom stereocenters. The molecule has 0 atom stereocenters. The first kappa shape index (κ1) is 20.0. The maximum Gasteiger partial charge on any atom is 0.184 e. The van der Waals surface area contributed by atoms with E-state index in [-0.39, 0.29) is 0 Å². The van der Waals surface area contributed by atoms with Gasteiger partial charge in [-0.3, -0.25) is 0 Å². The lowest BCUT2D eigenvalue weighted by Crippen LogP contribution is -2.36. The number of morpholine rings is 1. The fourth-order valence-corrected chi connectivity index (χ4v) is 5.95. The normalized spacial score (nSPS) is 17.9. The van der Waals surface area contributed by atoms with Crippen molar-refractivity contribution in [3.63, 3.8) is 0 Å². The molecular formula is C25H29N5OS. The zero-order valence-electron chi connectivity index (χ0n) is 18.3. The number of aromatic nitrogens is 3. The van der Waals surface area contributed by atoms with Crippen molar-refractivity contribution in [1.82, 2.24) is 14.5 Å². The number of hydrogen-bond acceptors (Lipinski definition) is 6. The van der Waals surface area contributed by atoms with Crippen LogP contribution in [0.25, 0.3) is 21.3 Å². The number of thiazole rings is 1. The fraction of sp³-hybridized carbons (Fsp3) is 0.440. The van der Waals surface area contributed by atoms with Crippen molar-refractivity contribution in [3.8, 4) is 0 Å². The van der Waals surface area contributed by atoms with Crippen LogP contribution in [0.4, 0.5) is 10.8 Å². The molecule has 1 saturated carbocycles. The molecule has 4 aromatic rings. The van der Waals surface area contributed by atoms with Gasteiger partial charge in [-0.05, 0) is 48.7 Å². The zero-order valence-corrected chi connectivity index (χ0v) is 19.1. The summed E-state index contributed by atoms with van der Waals surface area (Å²) in [5.41, 5.74) is 5.82. The van der Waals surface area contributed by atoms with E-state index in [9.17, 15) is 0 Å². The summed E-state index contributed by atoms with van der Waals surface area (Å²) in [6.45, 7) is 4.29. The second-order valence-corrected chi connectivity index (χ2v) is 9.98. The summed E-state index contributed by atoms with van der Waals surface area (Å²) in [4.78, 5) is 11.9. The van der Waals surface area contributed by atoms with Crippen LogP contribution in [0.2, 0.25) is 0 Å². The Morgan fingerprint density at radius 1 is 1.00 bits per heavy atom. The molecular weight excluding hydrogens is 418 g/mol. The van der Waals surface area contributed by atoms with E-state index < -0.39 is 0 Å². The second kappa shape index (κ2) is 8.71. The van der Waals surface area contributed by atoms with Crippen molar-refractivity contribution in [2.24, 2.45) is 0 Å². The van der Waals surface area contributed by atoms with Crippen LogP contribution in [0, 0.1) is 0 Å². The molecule has 1 saturated heterocycles. The van der Waals surface area contributed by atoms with E-state index in [2.05, 4.69) is 56.2 Å². The summed E-state index contributed by atoms with van der Waals surface area (Å²) >= 11 is 1.78. The van der Waals surface area contributed by atoms with Crippen LogP contribution < -0.4 is 10.2 Å². The molecule has 2 aliphatic rings. The monoisotopic (exact) mass is 447 g/mol. The molecule has 0 spiro atoms. The number of ether oxygens (including phenoxy) is 1. The summed E-state index contributed by atoms with van der Waals surface area (Å²) in [5.74, 6) is 0. The van der Waals surface area contributed by atoms with Gasteiger partial charge in [0.2, 0.25) is 0 Å². The first-order valence-electron chi connectivity index (χ1n) is 11.8. The van der Waals surface area contributed by atoms with Gasteiger partial charge in [0.1, 0.15) is 0 Å². The number of benzene rings is 2. The van der Waals surface area contributed by atoms with Gasteiger partial charge in [-0.25, -0.2) is 9.97 Å². The Kier molecular flexibility index (Phi) is 5.45. The molecule has 1 aliphatic carbocycles. The first-order chi connectivity index (χ1) is 15.8. The van der Waals surface area contributed by atoms with Gasteiger partial charge in [0.15, 0.2) is 5.13 Å². The van der Waals surface area contributed by atoms with Gasteiger partial charge in [-0.1, -0.05) is 36.7 Å². The highest BCUT2D eigenvalue weighted by molar-refractivity contribution is 7.22. The Morgan fingerprint density at radius 2 is 1.88 bits per heavy atom. The predicted octanol–water partition coefficient (Wildman–Crippen LogP) is 5.28. The van der Waals surface area contributed by atoms with E-state index in [1.54, 1.807) is 11.3 Å². The maximum atomic E-state index is 5.48. The Bertz CT molecular complexity index is 1220. The average Bonchev–Trinajstić information content (AvgIpc) is 3.43. The van der Waals surface area contributed by atoms with Crippen LogP contribution in [-0.2, 0) is 11.3 Å². The minimum absolute atomic E-state index is 0.587. The minimum Gasteiger partial charge on any atom is -0.378 e. The van der Waals surface area contributed by atoms with E-state index >= 15 is 0 Å². The number of rotatable bonds is 5.